The summed E-state index contributed by atoms with van der Waals surface area (Å²) < 4.78 is 30.2. The van der Waals surface area contributed by atoms with E-state index in [1.807, 2.05) is 0 Å². The van der Waals surface area contributed by atoms with E-state index >= 15 is 0 Å². The van der Waals surface area contributed by atoms with Crippen LogP contribution in [0.25, 0.3) is 0 Å². The van der Waals surface area contributed by atoms with Crippen LogP contribution in [0.1, 0.15) is 23.2 Å². The zero-order valence-electron chi connectivity index (χ0n) is 8.00. The summed E-state index contributed by atoms with van der Waals surface area (Å²) in [7, 11) is 1.26. The lowest BCUT2D eigenvalue weighted by Gasteiger charge is -2.12. The molecule has 1 heterocycles. The molecule has 0 aromatic carbocycles. The van der Waals surface area contributed by atoms with Crippen molar-refractivity contribution in [1.82, 2.24) is 4.98 Å². The number of halogens is 2. The third-order valence-electron chi connectivity index (χ3n) is 1.94. The number of hydrogen-bond donors (Lipinski definition) is 1. The molecule has 0 fully saturated rings. The van der Waals surface area contributed by atoms with Crippen molar-refractivity contribution in [2.24, 2.45) is 5.73 Å². The summed E-state index contributed by atoms with van der Waals surface area (Å²) >= 11 is 0. The Balaban J connectivity index is 3.46. The predicted octanol–water partition coefficient (Wildman–Crippen LogP) is 1.36. The van der Waals surface area contributed by atoms with Crippen LogP contribution in [0.5, 0.6) is 5.75 Å². The van der Waals surface area contributed by atoms with Crippen LogP contribution in [-0.4, -0.2) is 12.1 Å². The smallest absolute Gasteiger partial charge is 0.267 e. The number of ether oxygens (including phenoxy) is 1. The van der Waals surface area contributed by atoms with Crippen LogP contribution >= 0.6 is 0 Å². The molecule has 2 N–H and O–H groups in total. The summed E-state index contributed by atoms with van der Waals surface area (Å²) in [6.45, 7) is -0.174. The molecule has 1 rings (SSSR count). The molecular weight excluding hydrogens is 204 g/mol. The molecule has 6 heteroatoms. The van der Waals surface area contributed by atoms with Crippen molar-refractivity contribution in [2.45, 2.75) is 13.0 Å². The van der Waals surface area contributed by atoms with Gasteiger partial charge in [0.1, 0.15) is 17.5 Å². The summed E-state index contributed by atoms with van der Waals surface area (Å²) in [4.78, 5) is 3.68. The maximum Gasteiger partial charge on any atom is 0.267 e. The topological polar surface area (TPSA) is 71.9 Å². The average Bonchev–Trinajstić information content (AvgIpc) is 2.26. The van der Waals surface area contributed by atoms with Crippen LogP contribution in [-0.2, 0) is 6.54 Å². The Morgan fingerprint density at radius 3 is 2.73 bits per heavy atom. The third-order valence-corrected chi connectivity index (χ3v) is 1.94. The molecule has 0 radical (unpaired) electrons. The normalized spacial score (nSPS) is 10.1. The van der Waals surface area contributed by atoms with Crippen LogP contribution in [0, 0.1) is 11.3 Å². The highest BCUT2D eigenvalue weighted by Gasteiger charge is 2.21. The highest BCUT2D eigenvalue weighted by molar-refractivity contribution is 5.45. The maximum atomic E-state index is 12.7. The zero-order chi connectivity index (χ0) is 11.4. The quantitative estimate of drug-likeness (QED) is 0.822. The number of nitriles is 1. The maximum absolute atomic E-state index is 12.7. The number of nitrogens with zero attached hydrogens (tertiary/aromatic N) is 2. The highest BCUT2D eigenvalue weighted by Crippen LogP contribution is 2.32. The number of hydrogen-bond acceptors (Lipinski definition) is 4. The van der Waals surface area contributed by atoms with Crippen LogP contribution in [0.4, 0.5) is 8.78 Å². The Kier molecular flexibility index (Phi) is 3.52. The van der Waals surface area contributed by atoms with Crippen molar-refractivity contribution in [3.05, 3.63) is 23.0 Å². The fraction of sp³-hybridized carbons (Fsp3) is 0.333. The summed E-state index contributed by atoms with van der Waals surface area (Å²) in [5, 5.41) is 8.67. The molecule has 15 heavy (non-hydrogen) atoms. The monoisotopic (exact) mass is 213 g/mol. The number of nitrogens with two attached hydrogens (primary N) is 1. The first-order chi connectivity index (χ1) is 7.15. The van der Waals surface area contributed by atoms with Crippen LogP contribution in [0.3, 0.4) is 0 Å². The second-order valence-electron chi connectivity index (χ2n) is 2.68. The van der Waals surface area contributed by atoms with E-state index < -0.39 is 6.43 Å². The Morgan fingerprint density at radius 1 is 1.67 bits per heavy atom. The molecular formula is C9H9F2N3O. The molecule has 0 unspecified atom stereocenters. The van der Waals surface area contributed by atoms with Crippen molar-refractivity contribution < 1.29 is 13.5 Å². The molecule has 0 aliphatic rings. The van der Waals surface area contributed by atoms with Gasteiger partial charge < -0.3 is 10.5 Å². The van der Waals surface area contributed by atoms with E-state index in [0.29, 0.717) is 0 Å². The van der Waals surface area contributed by atoms with E-state index in [-0.39, 0.29) is 29.1 Å². The predicted molar refractivity (Wildman–Crippen MR) is 48.4 cm³/mol. The van der Waals surface area contributed by atoms with Gasteiger partial charge in [-0.15, -0.1) is 0 Å². The molecule has 0 saturated heterocycles. The van der Waals surface area contributed by atoms with Crippen molar-refractivity contribution in [2.75, 3.05) is 7.11 Å². The minimum atomic E-state index is -2.74. The summed E-state index contributed by atoms with van der Waals surface area (Å²) in [6, 6.07) is 1.71. The molecule has 4 nitrogen and oxygen atoms in total. The minimum Gasteiger partial charge on any atom is -0.495 e. The number of pyridine rings is 1. The van der Waals surface area contributed by atoms with Crippen molar-refractivity contribution in [3.8, 4) is 11.8 Å². The summed E-state index contributed by atoms with van der Waals surface area (Å²) in [5.74, 6) is -0.0514. The van der Waals surface area contributed by atoms with Crippen molar-refractivity contribution >= 4 is 0 Å². The number of rotatable bonds is 3. The number of alkyl halides is 2. The van der Waals surface area contributed by atoms with Gasteiger partial charge in [-0.1, -0.05) is 0 Å². The van der Waals surface area contributed by atoms with Gasteiger partial charge in [-0.05, 0) is 0 Å². The van der Waals surface area contributed by atoms with Crippen molar-refractivity contribution in [3.63, 3.8) is 0 Å². The molecule has 1 aromatic rings. The first-order valence-electron chi connectivity index (χ1n) is 4.09. The highest BCUT2D eigenvalue weighted by atomic mass is 19.3. The zero-order valence-corrected chi connectivity index (χ0v) is 8.00. The second-order valence-corrected chi connectivity index (χ2v) is 2.68. The fourth-order valence-electron chi connectivity index (χ4n) is 1.25. The largest absolute Gasteiger partial charge is 0.495 e. The molecule has 0 amide bonds. The molecule has 0 spiro atoms. The van der Waals surface area contributed by atoms with E-state index in [2.05, 4.69) is 4.98 Å². The molecule has 0 bridgehead atoms. The van der Waals surface area contributed by atoms with Gasteiger partial charge in [-0.2, -0.15) is 5.26 Å². The van der Waals surface area contributed by atoms with Gasteiger partial charge in [0, 0.05) is 12.1 Å². The van der Waals surface area contributed by atoms with E-state index in [4.69, 9.17) is 15.7 Å². The van der Waals surface area contributed by atoms with Crippen LogP contribution < -0.4 is 10.5 Å². The third kappa shape index (κ3) is 2.02. The molecule has 80 valence electrons. The van der Waals surface area contributed by atoms with Gasteiger partial charge in [0.25, 0.3) is 6.43 Å². The van der Waals surface area contributed by atoms with Crippen molar-refractivity contribution in [1.29, 1.82) is 5.26 Å². The van der Waals surface area contributed by atoms with E-state index in [0.717, 1.165) is 6.20 Å². The molecule has 0 aliphatic carbocycles. The average molecular weight is 213 g/mol. The van der Waals surface area contributed by atoms with Gasteiger partial charge in [-0.3, -0.25) is 0 Å². The van der Waals surface area contributed by atoms with Gasteiger partial charge in [0.05, 0.1) is 18.9 Å². The lowest BCUT2D eigenvalue weighted by Crippen LogP contribution is -2.08. The van der Waals surface area contributed by atoms with Gasteiger partial charge in [0.15, 0.2) is 0 Å². The minimum absolute atomic E-state index is 0.0341. The van der Waals surface area contributed by atoms with E-state index in [1.54, 1.807) is 6.07 Å². The number of methoxy groups -OCH3 is 1. The molecule has 0 saturated carbocycles. The van der Waals surface area contributed by atoms with Gasteiger partial charge in [0.2, 0.25) is 0 Å². The summed E-state index contributed by atoms with van der Waals surface area (Å²) in [5.41, 5.74) is 4.90. The summed E-state index contributed by atoms with van der Waals surface area (Å²) in [6.07, 6.45) is -1.65. The number of aromatic nitrogens is 1. The first kappa shape index (κ1) is 11.3. The Hall–Kier alpha value is -1.74. The van der Waals surface area contributed by atoms with Crippen LogP contribution in [0.2, 0.25) is 0 Å². The lowest BCUT2D eigenvalue weighted by molar-refractivity contribution is 0.145. The first-order valence-corrected chi connectivity index (χ1v) is 4.09. The molecule has 1 aromatic heterocycles. The van der Waals surface area contributed by atoms with E-state index in [9.17, 15) is 8.78 Å². The Labute approximate surface area is 85.3 Å². The SMILES string of the molecule is COc1cnc(C#N)c(CN)c1C(F)F. The fourth-order valence-corrected chi connectivity index (χ4v) is 1.25. The van der Waals surface area contributed by atoms with E-state index in [1.165, 1.54) is 7.11 Å². The Morgan fingerprint density at radius 2 is 2.33 bits per heavy atom. The second kappa shape index (κ2) is 4.66. The standard InChI is InChI=1S/C9H9F2N3O/c1-15-7-4-14-6(3-13)5(2-12)8(7)9(10)11/h4,9H,2,12H2,1H3. The Bertz CT molecular complexity index is 401. The van der Waals surface area contributed by atoms with Crippen LogP contribution in [0.15, 0.2) is 6.20 Å². The van der Waals surface area contributed by atoms with Gasteiger partial charge >= 0.3 is 0 Å². The lowest BCUT2D eigenvalue weighted by atomic mass is 10.1. The molecule has 0 aliphatic heterocycles. The van der Waals surface area contributed by atoms with Gasteiger partial charge in [-0.25, -0.2) is 13.8 Å². The molecule has 0 atom stereocenters.